The average Bonchev–Trinajstić information content (AvgIpc) is 2.77. The van der Waals surface area contributed by atoms with Gasteiger partial charge in [0.1, 0.15) is 5.82 Å². The quantitative estimate of drug-likeness (QED) is 0.902. The highest BCUT2D eigenvalue weighted by atomic mass is 35.5. The largest absolute Gasteiger partial charge is 0.374 e. The van der Waals surface area contributed by atoms with Crippen LogP contribution in [-0.4, -0.2) is 16.1 Å². The van der Waals surface area contributed by atoms with E-state index in [1.54, 1.807) is 0 Å². The molecule has 0 radical (unpaired) electrons. The van der Waals surface area contributed by atoms with Gasteiger partial charge in [0.05, 0.1) is 5.02 Å². The first kappa shape index (κ1) is 12.7. The van der Waals surface area contributed by atoms with Gasteiger partial charge in [-0.25, -0.2) is 4.39 Å². The van der Waals surface area contributed by atoms with Crippen molar-refractivity contribution in [1.29, 1.82) is 0 Å². The van der Waals surface area contributed by atoms with Crippen LogP contribution in [-0.2, 0) is 6.54 Å². The van der Waals surface area contributed by atoms with Gasteiger partial charge in [-0.3, -0.25) is 4.79 Å². The number of amides is 1. The first-order valence-electron chi connectivity index (χ1n) is 4.87. The molecule has 0 aliphatic heterocycles. The second-order valence-electron chi connectivity index (χ2n) is 3.38. The Balaban J connectivity index is 1.99. The summed E-state index contributed by atoms with van der Waals surface area (Å²) in [6.45, 7) is 0.221. The molecule has 0 saturated heterocycles. The second-order valence-corrected chi connectivity index (χ2v) is 4.79. The molecule has 18 heavy (non-hydrogen) atoms. The molecule has 0 spiro atoms. The normalized spacial score (nSPS) is 10.3. The fraction of sp³-hybridized carbons (Fsp3) is 0.100. The molecule has 0 saturated carbocycles. The van der Waals surface area contributed by atoms with Gasteiger partial charge in [-0.2, -0.15) is 0 Å². The van der Waals surface area contributed by atoms with Crippen molar-refractivity contribution >= 4 is 34.0 Å². The van der Waals surface area contributed by atoms with Crippen LogP contribution in [0.15, 0.2) is 18.2 Å². The van der Waals surface area contributed by atoms with Gasteiger partial charge in [0.15, 0.2) is 0 Å². The Labute approximate surface area is 111 Å². The lowest BCUT2D eigenvalue weighted by molar-refractivity contribution is 0.0950. The van der Waals surface area contributed by atoms with E-state index in [1.807, 2.05) is 0 Å². The summed E-state index contributed by atoms with van der Waals surface area (Å²) in [6, 6.07) is 4.23. The maximum Gasteiger partial charge on any atom is 0.282 e. The Hall–Kier alpha value is -1.73. The molecule has 94 valence electrons. The summed E-state index contributed by atoms with van der Waals surface area (Å²) < 4.78 is 12.9. The predicted octanol–water partition coefficient (Wildman–Crippen LogP) is 1.84. The van der Waals surface area contributed by atoms with Crippen LogP contribution in [0.4, 0.5) is 9.52 Å². The van der Waals surface area contributed by atoms with Crippen molar-refractivity contribution in [2.24, 2.45) is 0 Å². The predicted molar refractivity (Wildman–Crippen MR) is 66.9 cm³/mol. The summed E-state index contributed by atoms with van der Waals surface area (Å²) in [5.74, 6) is -0.881. The molecule has 8 heteroatoms. The smallest absolute Gasteiger partial charge is 0.282 e. The van der Waals surface area contributed by atoms with Gasteiger partial charge in [0.2, 0.25) is 10.1 Å². The van der Waals surface area contributed by atoms with E-state index in [-0.39, 0.29) is 27.6 Å². The van der Waals surface area contributed by atoms with E-state index in [0.717, 1.165) is 11.3 Å². The molecule has 2 aromatic rings. The number of anilines is 1. The lowest BCUT2D eigenvalue weighted by Gasteiger charge is -2.03. The van der Waals surface area contributed by atoms with Crippen LogP contribution in [0.1, 0.15) is 15.4 Å². The summed E-state index contributed by atoms with van der Waals surface area (Å²) >= 11 is 6.62. The van der Waals surface area contributed by atoms with Gasteiger partial charge in [-0.1, -0.05) is 29.0 Å². The second kappa shape index (κ2) is 5.28. The van der Waals surface area contributed by atoms with Crippen molar-refractivity contribution in [2.45, 2.75) is 6.54 Å². The average molecular weight is 287 g/mol. The molecule has 0 unspecified atom stereocenters. The highest BCUT2D eigenvalue weighted by molar-refractivity contribution is 7.16. The van der Waals surface area contributed by atoms with E-state index in [1.165, 1.54) is 18.2 Å². The molecule has 1 aromatic carbocycles. The van der Waals surface area contributed by atoms with Crippen LogP contribution in [0.25, 0.3) is 0 Å². The summed E-state index contributed by atoms with van der Waals surface area (Å²) in [5, 5.41) is 10.2. The standard InChI is InChI=1S/C10H8ClFN4OS/c11-6-3-5(1-2-7(6)12)4-14-8(17)9-15-16-10(13)18-9/h1-3H,4H2,(H2,13,16)(H,14,17). The van der Waals surface area contributed by atoms with Gasteiger partial charge >= 0.3 is 0 Å². The van der Waals surface area contributed by atoms with Crippen LogP contribution in [0.2, 0.25) is 5.02 Å². The molecule has 1 amide bonds. The Morgan fingerprint density at radius 2 is 2.28 bits per heavy atom. The highest BCUT2D eigenvalue weighted by Gasteiger charge is 2.11. The lowest BCUT2D eigenvalue weighted by Crippen LogP contribution is -2.22. The molecule has 3 N–H and O–H groups in total. The summed E-state index contributed by atoms with van der Waals surface area (Å²) in [4.78, 5) is 11.6. The Kier molecular flexibility index (Phi) is 3.73. The molecule has 1 aromatic heterocycles. The van der Waals surface area contributed by atoms with Crippen molar-refractivity contribution in [3.63, 3.8) is 0 Å². The van der Waals surface area contributed by atoms with E-state index < -0.39 is 5.82 Å². The number of halogens is 2. The van der Waals surface area contributed by atoms with Crippen LogP contribution >= 0.6 is 22.9 Å². The number of aromatic nitrogens is 2. The Morgan fingerprint density at radius 3 is 2.89 bits per heavy atom. The molecule has 1 heterocycles. The molecule has 2 rings (SSSR count). The van der Waals surface area contributed by atoms with Crippen molar-refractivity contribution in [2.75, 3.05) is 5.73 Å². The fourth-order valence-electron chi connectivity index (χ4n) is 1.23. The maximum absolute atomic E-state index is 12.9. The number of nitrogens with one attached hydrogen (secondary N) is 1. The van der Waals surface area contributed by atoms with E-state index in [2.05, 4.69) is 15.5 Å². The number of rotatable bonds is 3. The Bertz CT molecular complexity index is 589. The molecule has 0 atom stereocenters. The van der Waals surface area contributed by atoms with Gasteiger partial charge in [0.25, 0.3) is 5.91 Å². The number of nitrogen functional groups attached to an aromatic ring is 1. The highest BCUT2D eigenvalue weighted by Crippen LogP contribution is 2.16. The third-order valence-electron chi connectivity index (χ3n) is 2.07. The SMILES string of the molecule is Nc1nnc(C(=O)NCc2ccc(F)c(Cl)c2)s1. The molecule has 0 fully saturated rings. The van der Waals surface area contributed by atoms with E-state index in [4.69, 9.17) is 17.3 Å². The fourth-order valence-corrected chi connectivity index (χ4v) is 1.96. The minimum atomic E-state index is -0.497. The zero-order chi connectivity index (χ0) is 13.1. The van der Waals surface area contributed by atoms with Crippen molar-refractivity contribution in [3.8, 4) is 0 Å². The molecule has 0 aliphatic carbocycles. The number of hydrogen-bond donors (Lipinski definition) is 2. The van der Waals surface area contributed by atoms with Crippen LogP contribution < -0.4 is 11.1 Å². The third kappa shape index (κ3) is 2.93. The minimum absolute atomic E-state index is 0.0157. The van der Waals surface area contributed by atoms with Crippen LogP contribution in [0.3, 0.4) is 0 Å². The number of nitrogens with two attached hydrogens (primary N) is 1. The topological polar surface area (TPSA) is 80.9 Å². The number of hydrogen-bond acceptors (Lipinski definition) is 5. The number of carbonyl (C=O) groups is 1. The number of nitrogens with zero attached hydrogens (tertiary/aromatic N) is 2. The zero-order valence-corrected chi connectivity index (χ0v) is 10.6. The first-order valence-corrected chi connectivity index (χ1v) is 6.07. The maximum atomic E-state index is 12.9. The van der Waals surface area contributed by atoms with E-state index >= 15 is 0 Å². The first-order chi connectivity index (χ1) is 8.56. The van der Waals surface area contributed by atoms with Crippen molar-refractivity contribution < 1.29 is 9.18 Å². The molecule has 0 aliphatic rings. The van der Waals surface area contributed by atoms with Gasteiger partial charge in [-0.15, -0.1) is 10.2 Å². The number of benzene rings is 1. The van der Waals surface area contributed by atoms with Gasteiger partial charge in [-0.05, 0) is 17.7 Å². The van der Waals surface area contributed by atoms with Crippen LogP contribution in [0.5, 0.6) is 0 Å². The Morgan fingerprint density at radius 1 is 1.50 bits per heavy atom. The minimum Gasteiger partial charge on any atom is -0.374 e. The van der Waals surface area contributed by atoms with Crippen LogP contribution in [0, 0.1) is 5.82 Å². The number of carbonyl (C=O) groups excluding carboxylic acids is 1. The summed E-state index contributed by atoms with van der Waals surface area (Å²) in [6.07, 6.45) is 0. The van der Waals surface area contributed by atoms with E-state index in [0.29, 0.717) is 5.56 Å². The lowest BCUT2D eigenvalue weighted by atomic mass is 10.2. The van der Waals surface area contributed by atoms with Crippen molar-refractivity contribution in [1.82, 2.24) is 15.5 Å². The molecule has 5 nitrogen and oxygen atoms in total. The van der Waals surface area contributed by atoms with Crippen molar-refractivity contribution in [3.05, 3.63) is 39.6 Å². The van der Waals surface area contributed by atoms with Gasteiger partial charge in [0, 0.05) is 6.54 Å². The molecular formula is C10H8ClFN4OS. The molecule has 0 bridgehead atoms. The third-order valence-corrected chi connectivity index (χ3v) is 3.11. The monoisotopic (exact) mass is 286 g/mol. The van der Waals surface area contributed by atoms with Gasteiger partial charge < -0.3 is 11.1 Å². The molecular weight excluding hydrogens is 279 g/mol. The van der Waals surface area contributed by atoms with E-state index in [9.17, 15) is 9.18 Å². The zero-order valence-electron chi connectivity index (χ0n) is 8.98. The summed E-state index contributed by atoms with van der Waals surface area (Å²) in [7, 11) is 0. The summed E-state index contributed by atoms with van der Waals surface area (Å²) in [5.41, 5.74) is 6.05.